The summed E-state index contributed by atoms with van der Waals surface area (Å²) in [5.74, 6) is 1.06. The quantitative estimate of drug-likeness (QED) is 0.730. The summed E-state index contributed by atoms with van der Waals surface area (Å²) in [5.41, 5.74) is 1.29. The second-order valence-electron chi connectivity index (χ2n) is 5.22. The largest absolute Gasteiger partial charge is 0.497 e. The van der Waals surface area contributed by atoms with Crippen molar-refractivity contribution in [2.24, 2.45) is 4.99 Å². The number of aliphatic imine (C=N–C) groups is 1. The molecule has 0 spiro atoms. The lowest BCUT2D eigenvalue weighted by molar-refractivity contribution is -0.115. The Balaban J connectivity index is 1.90. The Morgan fingerprint density at radius 1 is 1.08 bits per heavy atom. The highest BCUT2D eigenvalue weighted by Gasteiger charge is 2.24. The summed E-state index contributed by atoms with van der Waals surface area (Å²) in [6.45, 7) is 0. The minimum atomic E-state index is -0.244. The van der Waals surface area contributed by atoms with Crippen molar-refractivity contribution in [3.8, 4) is 11.5 Å². The summed E-state index contributed by atoms with van der Waals surface area (Å²) in [6, 6.07) is 10.3. The van der Waals surface area contributed by atoms with Crippen LogP contribution in [0.1, 0.15) is 5.56 Å². The number of nitrogens with one attached hydrogen (secondary N) is 1. The van der Waals surface area contributed by atoms with E-state index in [0.29, 0.717) is 37.3 Å². The van der Waals surface area contributed by atoms with Gasteiger partial charge in [0, 0.05) is 15.6 Å². The lowest BCUT2D eigenvalue weighted by atomic mass is 10.1. The van der Waals surface area contributed by atoms with Gasteiger partial charge in [0.05, 0.1) is 24.8 Å². The van der Waals surface area contributed by atoms with Crippen molar-refractivity contribution >= 4 is 57.8 Å². The molecule has 0 aliphatic carbocycles. The first-order chi connectivity index (χ1) is 12.5. The Labute approximate surface area is 165 Å². The molecule has 1 aliphatic rings. The predicted molar refractivity (Wildman–Crippen MR) is 107 cm³/mol. The number of thioether (sulfide) groups is 1. The Bertz CT molecular complexity index is 908. The minimum Gasteiger partial charge on any atom is -0.497 e. The molecule has 0 atom stereocenters. The smallest absolute Gasteiger partial charge is 0.264 e. The zero-order chi connectivity index (χ0) is 18.7. The van der Waals surface area contributed by atoms with Crippen LogP contribution >= 0.6 is 35.0 Å². The van der Waals surface area contributed by atoms with Crippen LogP contribution < -0.4 is 14.8 Å². The van der Waals surface area contributed by atoms with Crippen LogP contribution in [0.2, 0.25) is 10.0 Å². The van der Waals surface area contributed by atoms with Crippen LogP contribution in [0, 0.1) is 0 Å². The normalized spacial score (nSPS) is 16.8. The number of hydrogen-bond donors (Lipinski definition) is 1. The van der Waals surface area contributed by atoms with Gasteiger partial charge in [0.25, 0.3) is 5.91 Å². The lowest BCUT2D eigenvalue weighted by Crippen LogP contribution is -2.19. The first-order valence-corrected chi connectivity index (χ1v) is 9.03. The molecule has 0 unspecified atom stereocenters. The standard InChI is InChI=1S/C18H14Cl2N2O3S/c1-24-14-3-4-15(25-2)10(5-14)6-16-17(23)22-18(26-16)21-13-8-11(19)7-12(20)9-13/h3-9H,1-2H3,(H,21,22,23)/b16-6-. The molecule has 1 N–H and O–H groups in total. The molecule has 1 aliphatic heterocycles. The van der Waals surface area contributed by atoms with Gasteiger partial charge in [-0.1, -0.05) is 23.2 Å². The summed E-state index contributed by atoms with van der Waals surface area (Å²) in [7, 11) is 3.15. The molecule has 134 valence electrons. The Morgan fingerprint density at radius 3 is 2.46 bits per heavy atom. The third kappa shape index (κ3) is 4.33. The zero-order valence-electron chi connectivity index (χ0n) is 13.9. The van der Waals surface area contributed by atoms with E-state index in [1.165, 1.54) is 11.8 Å². The van der Waals surface area contributed by atoms with Crippen molar-refractivity contribution in [3.63, 3.8) is 0 Å². The fourth-order valence-corrected chi connectivity index (χ4v) is 3.64. The maximum atomic E-state index is 12.3. The van der Waals surface area contributed by atoms with Crippen LogP contribution in [0.5, 0.6) is 11.5 Å². The van der Waals surface area contributed by atoms with Gasteiger partial charge in [-0.3, -0.25) is 4.79 Å². The van der Waals surface area contributed by atoms with Crippen LogP contribution in [0.4, 0.5) is 5.69 Å². The second-order valence-corrected chi connectivity index (χ2v) is 7.12. The molecule has 0 radical (unpaired) electrons. The van der Waals surface area contributed by atoms with Gasteiger partial charge in [0.2, 0.25) is 0 Å². The fraction of sp³-hybridized carbons (Fsp3) is 0.111. The highest BCUT2D eigenvalue weighted by Crippen LogP contribution is 2.33. The number of amidine groups is 1. The minimum absolute atomic E-state index is 0.244. The highest BCUT2D eigenvalue weighted by molar-refractivity contribution is 8.18. The van der Waals surface area contributed by atoms with Gasteiger partial charge < -0.3 is 14.8 Å². The molecule has 26 heavy (non-hydrogen) atoms. The molecule has 3 rings (SSSR count). The van der Waals surface area contributed by atoms with E-state index in [1.807, 2.05) is 0 Å². The lowest BCUT2D eigenvalue weighted by Gasteiger charge is -2.07. The summed E-state index contributed by atoms with van der Waals surface area (Å²) in [6.07, 6.45) is 1.73. The average Bonchev–Trinajstić information content (AvgIpc) is 2.93. The first-order valence-electron chi connectivity index (χ1n) is 7.46. The third-order valence-electron chi connectivity index (χ3n) is 3.45. The van der Waals surface area contributed by atoms with Gasteiger partial charge in [0.15, 0.2) is 5.17 Å². The van der Waals surface area contributed by atoms with Crippen molar-refractivity contribution in [2.75, 3.05) is 14.2 Å². The number of carbonyl (C=O) groups excluding carboxylic acids is 1. The predicted octanol–water partition coefficient (Wildman–Crippen LogP) is 4.90. The van der Waals surface area contributed by atoms with E-state index in [2.05, 4.69) is 10.3 Å². The molecule has 0 bridgehead atoms. The molecule has 1 saturated heterocycles. The maximum absolute atomic E-state index is 12.3. The molecule has 1 heterocycles. The van der Waals surface area contributed by atoms with Crippen LogP contribution in [-0.4, -0.2) is 25.3 Å². The topological polar surface area (TPSA) is 59.9 Å². The Kier molecular flexibility index (Phi) is 5.76. The van der Waals surface area contributed by atoms with E-state index in [1.54, 1.807) is 56.7 Å². The van der Waals surface area contributed by atoms with Crippen molar-refractivity contribution in [3.05, 3.63) is 56.9 Å². The van der Waals surface area contributed by atoms with E-state index in [-0.39, 0.29) is 5.91 Å². The number of amides is 1. The van der Waals surface area contributed by atoms with E-state index < -0.39 is 0 Å². The summed E-state index contributed by atoms with van der Waals surface area (Å²) < 4.78 is 10.6. The molecule has 5 nitrogen and oxygen atoms in total. The average molecular weight is 409 g/mol. The van der Waals surface area contributed by atoms with E-state index in [4.69, 9.17) is 32.7 Å². The molecule has 1 fully saturated rings. The van der Waals surface area contributed by atoms with Gasteiger partial charge in [-0.05, 0) is 54.2 Å². The van der Waals surface area contributed by atoms with E-state index in [0.717, 1.165) is 5.56 Å². The van der Waals surface area contributed by atoms with Crippen LogP contribution in [0.15, 0.2) is 46.3 Å². The molecule has 2 aromatic carbocycles. The van der Waals surface area contributed by atoms with Crippen molar-refractivity contribution in [1.82, 2.24) is 5.32 Å². The zero-order valence-corrected chi connectivity index (χ0v) is 16.2. The van der Waals surface area contributed by atoms with Gasteiger partial charge in [-0.2, -0.15) is 0 Å². The molecule has 2 aromatic rings. The summed E-state index contributed by atoms with van der Waals surface area (Å²) >= 11 is 13.2. The Morgan fingerprint density at radius 2 is 1.81 bits per heavy atom. The van der Waals surface area contributed by atoms with Gasteiger partial charge in [0.1, 0.15) is 11.5 Å². The van der Waals surface area contributed by atoms with E-state index in [9.17, 15) is 4.79 Å². The maximum Gasteiger partial charge on any atom is 0.264 e. The SMILES string of the molecule is COc1ccc(OC)c(/C=C2\SC(=Nc3cc(Cl)cc(Cl)c3)NC2=O)c1. The summed E-state index contributed by atoms with van der Waals surface area (Å²) in [5, 5.41) is 4.12. The molecule has 8 heteroatoms. The van der Waals surface area contributed by atoms with Crippen molar-refractivity contribution < 1.29 is 14.3 Å². The monoisotopic (exact) mass is 408 g/mol. The molecular weight excluding hydrogens is 395 g/mol. The van der Waals surface area contributed by atoms with E-state index >= 15 is 0 Å². The number of nitrogens with zero attached hydrogens (tertiary/aromatic N) is 1. The third-order valence-corrected chi connectivity index (χ3v) is 4.80. The molecule has 0 aromatic heterocycles. The number of hydrogen-bond acceptors (Lipinski definition) is 5. The Hall–Kier alpha value is -2.15. The number of carbonyl (C=O) groups is 1. The number of benzene rings is 2. The van der Waals surface area contributed by atoms with Crippen molar-refractivity contribution in [2.45, 2.75) is 0 Å². The van der Waals surface area contributed by atoms with Crippen LogP contribution in [-0.2, 0) is 4.79 Å². The first kappa shape index (κ1) is 18.6. The number of ether oxygens (including phenoxy) is 2. The number of halogens is 2. The molecule has 1 amide bonds. The molecule has 0 saturated carbocycles. The van der Waals surface area contributed by atoms with Crippen molar-refractivity contribution in [1.29, 1.82) is 0 Å². The van der Waals surface area contributed by atoms with Gasteiger partial charge in [-0.25, -0.2) is 4.99 Å². The molecular formula is C18H14Cl2N2O3S. The summed E-state index contributed by atoms with van der Waals surface area (Å²) in [4.78, 5) is 17.1. The number of rotatable bonds is 4. The second kappa shape index (κ2) is 8.03. The van der Waals surface area contributed by atoms with Gasteiger partial charge in [-0.15, -0.1) is 0 Å². The highest BCUT2D eigenvalue weighted by atomic mass is 35.5. The fourth-order valence-electron chi connectivity index (χ4n) is 2.30. The van der Waals surface area contributed by atoms with Crippen LogP contribution in [0.3, 0.4) is 0 Å². The van der Waals surface area contributed by atoms with Gasteiger partial charge >= 0.3 is 0 Å². The van der Waals surface area contributed by atoms with Crippen LogP contribution in [0.25, 0.3) is 6.08 Å². The number of methoxy groups -OCH3 is 2.